The Labute approximate surface area is 365 Å². The summed E-state index contributed by atoms with van der Waals surface area (Å²) in [5.74, 6) is 2.14. The Morgan fingerprint density at radius 2 is 1.02 bits per heavy atom. The minimum Gasteiger partial charge on any atom is -0.469 e. The van der Waals surface area contributed by atoms with Crippen LogP contribution in [-0.2, 0) is 14.3 Å². The molecular weight excluding hydrogens is 807 g/mol. The number of hydrogen-bond donors (Lipinski definition) is 10. The largest absolute Gasteiger partial charge is 0.469 e. The zero-order valence-corrected chi connectivity index (χ0v) is 36.1. The summed E-state index contributed by atoms with van der Waals surface area (Å²) in [5, 5.41) is 76.8. The maximum absolute atomic E-state index is 13.7. The summed E-state index contributed by atoms with van der Waals surface area (Å²) >= 11 is 0. The van der Waals surface area contributed by atoms with E-state index in [0.717, 1.165) is 57.8 Å². The number of amides is 1. The third-order valence-electron chi connectivity index (χ3n) is 12.2. The zero-order valence-electron chi connectivity index (χ0n) is 36.1. The van der Waals surface area contributed by atoms with Gasteiger partial charge in [0.15, 0.2) is 0 Å². The Morgan fingerprint density at radius 1 is 0.645 bits per heavy atom. The van der Waals surface area contributed by atoms with Gasteiger partial charge in [-0.2, -0.15) is 0 Å². The van der Waals surface area contributed by atoms with Crippen LogP contribution in [0.25, 0.3) is 12.2 Å². The van der Waals surface area contributed by atoms with Gasteiger partial charge in [-0.3, -0.25) is 14.8 Å². The first-order valence-electron chi connectivity index (χ1n) is 22.0. The second kappa shape index (κ2) is 31.2. The van der Waals surface area contributed by atoms with Crippen molar-refractivity contribution in [3.8, 4) is 0 Å². The van der Waals surface area contributed by atoms with Crippen molar-refractivity contribution < 1.29 is 64.2 Å². The normalized spacial score (nSPS) is 24.3. The van der Waals surface area contributed by atoms with Crippen molar-refractivity contribution in [2.45, 2.75) is 152 Å². The molecule has 0 aliphatic heterocycles. The van der Waals surface area contributed by atoms with Crippen LogP contribution in [0.2, 0.25) is 0 Å². The third-order valence-corrected chi connectivity index (χ3v) is 12.2. The van der Waals surface area contributed by atoms with E-state index < -0.39 is 36.6 Å². The van der Waals surface area contributed by atoms with E-state index in [1.54, 1.807) is 66.2 Å². The van der Waals surface area contributed by atoms with Gasteiger partial charge >= 0.3 is 5.97 Å². The van der Waals surface area contributed by atoms with E-state index in [0.29, 0.717) is 68.9 Å². The molecular formula is C47H72F2N2O11. The van der Waals surface area contributed by atoms with Gasteiger partial charge in [-0.1, -0.05) is 99.2 Å². The van der Waals surface area contributed by atoms with Gasteiger partial charge in [0.2, 0.25) is 5.91 Å². The molecule has 2 aliphatic carbocycles. The summed E-state index contributed by atoms with van der Waals surface area (Å²) in [7, 11) is 1.39. The van der Waals surface area contributed by atoms with Gasteiger partial charge in [-0.05, 0) is 100 Å². The summed E-state index contributed by atoms with van der Waals surface area (Å²) in [6.45, 7) is 0. The first-order valence-corrected chi connectivity index (χ1v) is 22.0. The SMILES string of the molecule is COC(=O)CCCCCC[C@@H]1[C@@H](CCC(O)/C=C/c2ccccc2F)[C@H](O)C[C@@H]1O.NO.O=C(CCCCCC[C@@H]1[C@@H](CCC(O)/C=C/c2ccccc2F)[C@H](O)C[C@@H]1O)NO. The Balaban J connectivity index is 0.000000410. The molecule has 0 aromatic heterocycles. The predicted molar refractivity (Wildman–Crippen MR) is 232 cm³/mol. The van der Waals surface area contributed by atoms with Crippen LogP contribution < -0.4 is 11.4 Å². The number of carbonyl (C=O) groups excluding carboxylic acids is 2. The monoisotopic (exact) mass is 879 g/mol. The number of ether oxygens (including phenoxy) is 1. The standard InChI is InChI=1S/C24H35FO5.C23H34FNO5.H3NO/c1-30-24(29)11-5-3-2-4-9-19-20(23(28)16-22(19)27)15-14-18(26)13-12-17-8-6-7-10-21(17)25;24-20-9-6-5-7-16(20)11-12-17(26)13-14-19-18(21(27)15-22(19)28)8-3-1-2-4-10-23(29)25-30;1-2/h6-8,10,12-13,18-20,22-23,26-28H,2-5,9,11,14-16H2,1H3;5-7,9,11-12,17-19,21-22,26-28,30H,1-4,8,10,13-15H2,(H,25,29);2H,1H2/b13-12+;12-11+;/t18?,19-,20-,22+,23-;17?,18-,19-,21+,22-;/m11./s1. The smallest absolute Gasteiger partial charge is 0.305 e. The quantitative estimate of drug-likeness (QED) is 0.0240. The maximum Gasteiger partial charge on any atom is 0.305 e. The highest BCUT2D eigenvalue weighted by Crippen LogP contribution is 2.40. The van der Waals surface area contributed by atoms with Gasteiger partial charge in [0.1, 0.15) is 11.6 Å². The average Bonchev–Trinajstić information content (AvgIpc) is 3.70. The lowest BCUT2D eigenvalue weighted by Gasteiger charge is -2.24. The molecule has 0 heterocycles. The number of unbranched alkanes of at least 4 members (excludes halogenated alkanes) is 6. The van der Waals surface area contributed by atoms with E-state index in [1.807, 2.05) is 0 Å². The van der Waals surface area contributed by atoms with Crippen molar-refractivity contribution in [3.63, 3.8) is 0 Å². The molecule has 0 saturated heterocycles. The van der Waals surface area contributed by atoms with Crippen LogP contribution >= 0.6 is 0 Å². The summed E-state index contributed by atoms with van der Waals surface area (Å²) in [5.41, 5.74) is 2.46. The number of halogens is 2. The second-order valence-electron chi connectivity index (χ2n) is 16.5. The minimum absolute atomic E-state index is 0.0107. The molecule has 10 atom stereocenters. The number of esters is 1. The van der Waals surface area contributed by atoms with Crippen LogP contribution in [0.3, 0.4) is 0 Å². The first-order chi connectivity index (χ1) is 29.8. The number of benzene rings is 2. The number of aliphatic hydroxyl groups excluding tert-OH is 6. The lowest BCUT2D eigenvalue weighted by Crippen LogP contribution is -2.23. The average molecular weight is 879 g/mol. The molecule has 350 valence electrons. The number of methoxy groups -OCH3 is 1. The molecule has 62 heavy (non-hydrogen) atoms. The topological polar surface area (TPSA) is 243 Å². The summed E-state index contributed by atoms with van der Waals surface area (Å²) in [4.78, 5) is 22.1. The molecule has 2 unspecified atom stereocenters. The zero-order chi connectivity index (χ0) is 45.9. The number of nitrogens with one attached hydrogen (secondary N) is 1. The molecule has 13 nitrogen and oxygen atoms in total. The molecule has 4 rings (SSSR count). The second-order valence-corrected chi connectivity index (χ2v) is 16.5. The van der Waals surface area contributed by atoms with Crippen LogP contribution in [0.5, 0.6) is 0 Å². The van der Waals surface area contributed by atoms with Crippen LogP contribution in [0, 0.1) is 35.3 Å². The van der Waals surface area contributed by atoms with E-state index in [1.165, 1.54) is 19.2 Å². The van der Waals surface area contributed by atoms with Crippen molar-refractivity contribution in [3.05, 3.63) is 83.4 Å². The fourth-order valence-electron chi connectivity index (χ4n) is 8.71. The number of hydroxylamine groups is 1. The summed E-state index contributed by atoms with van der Waals surface area (Å²) < 4.78 is 31.9. The molecule has 2 fully saturated rings. The first kappa shape index (κ1) is 54.5. The van der Waals surface area contributed by atoms with E-state index >= 15 is 0 Å². The maximum atomic E-state index is 13.7. The molecule has 11 N–H and O–H groups in total. The number of aliphatic hydroxyl groups is 6. The number of nitrogens with two attached hydrogens (primary N) is 1. The number of hydrogen-bond acceptors (Lipinski definition) is 12. The fourth-order valence-corrected chi connectivity index (χ4v) is 8.71. The Hall–Kier alpha value is -3.64. The number of carbonyl (C=O) groups is 2. The fraction of sp³-hybridized carbons (Fsp3) is 0.617. The van der Waals surface area contributed by atoms with Crippen molar-refractivity contribution in [2.75, 3.05) is 7.11 Å². The minimum atomic E-state index is -0.743. The molecule has 2 aromatic rings. The Morgan fingerprint density at radius 3 is 1.40 bits per heavy atom. The third kappa shape index (κ3) is 20.2. The Bertz CT molecular complexity index is 1490. The van der Waals surface area contributed by atoms with E-state index in [4.69, 9.17) is 10.4 Å². The molecule has 0 spiro atoms. The van der Waals surface area contributed by atoms with Crippen LogP contribution in [0.15, 0.2) is 60.7 Å². The van der Waals surface area contributed by atoms with Gasteiger partial charge in [0.25, 0.3) is 0 Å². The highest BCUT2D eigenvalue weighted by atomic mass is 19.1. The van der Waals surface area contributed by atoms with Gasteiger partial charge in [-0.15, -0.1) is 0 Å². The predicted octanol–water partition coefficient (Wildman–Crippen LogP) is 6.37. The highest BCUT2D eigenvalue weighted by Gasteiger charge is 2.41. The van der Waals surface area contributed by atoms with E-state index in [-0.39, 0.29) is 47.2 Å². The van der Waals surface area contributed by atoms with Crippen LogP contribution in [0.1, 0.15) is 127 Å². The van der Waals surface area contributed by atoms with Crippen molar-refractivity contribution >= 4 is 24.0 Å². The lowest BCUT2D eigenvalue weighted by molar-refractivity contribution is -0.140. The van der Waals surface area contributed by atoms with Crippen molar-refractivity contribution in [2.24, 2.45) is 29.6 Å². The van der Waals surface area contributed by atoms with Crippen molar-refractivity contribution in [1.29, 1.82) is 0 Å². The molecule has 1 amide bonds. The summed E-state index contributed by atoms with van der Waals surface area (Å²) in [6, 6.07) is 12.7. The summed E-state index contributed by atoms with van der Waals surface area (Å²) in [6.07, 6.45) is 14.7. The van der Waals surface area contributed by atoms with Gasteiger partial charge in [0.05, 0.1) is 43.7 Å². The van der Waals surface area contributed by atoms with Crippen molar-refractivity contribution in [1.82, 2.24) is 5.48 Å². The van der Waals surface area contributed by atoms with Crippen LogP contribution in [0.4, 0.5) is 8.78 Å². The molecule has 2 aliphatic rings. The molecule has 0 bridgehead atoms. The lowest BCUT2D eigenvalue weighted by atomic mass is 9.85. The van der Waals surface area contributed by atoms with Gasteiger partial charge in [-0.25, -0.2) is 20.2 Å². The van der Waals surface area contributed by atoms with E-state index in [2.05, 4.69) is 10.6 Å². The van der Waals surface area contributed by atoms with Crippen LogP contribution in [-0.4, -0.2) is 96.7 Å². The van der Waals surface area contributed by atoms with E-state index in [9.17, 15) is 49.0 Å². The highest BCUT2D eigenvalue weighted by molar-refractivity contribution is 5.74. The molecule has 0 radical (unpaired) electrons. The molecule has 2 aromatic carbocycles. The molecule has 15 heteroatoms. The van der Waals surface area contributed by atoms with Gasteiger partial charge < -0.3 is 40.6 Å². The molecule has 2 saturated carbocycles. The number of rotatable bonds is 24. The Kier molecular flexibility index (Phi) is 27.5. The van der Waals surface area contributed by atoms with Gasteiger partial charge in [0, 0.05) is 24.0 Å².